The second-order valence-electron chi connectivity index (χ2n) is 4.35. The molecule has 0 saturated heterocycles. The fourth-order valence-electron chi connectivity index (χ4n) is 1.63. The van der Waals surface area contributed by atoms with Crippen molar-refractivity contribution in [1.29, 1.82) is 0 Å². The van der Waals surface area contributed by atoms with Gasteiger partial charge in [-0.3, -0.25) is 4.79 Å². The van der Waals surface area contributed by atoms with E-state index >= 15 is 0 Å². The summed E-state index contributed by atoms with van der Waals surface area (Å²) >= 11 is 1.19. The van der Waals surface area contributed by atoms with Crippen LogP contribution in [0.3, 0.4) is 0 Å². The molecule has 1 N–H and O–H groups in total. The van der Waals surface area contributed by atoms with Gasteiger partial charge in [0.25, 0.3) is 0 Å². The van der Waals surface area contributed by atoms with Gasteiger partial charge in [-0.1, -0.05) is 0 Å². The minimum Gasteiger partial charge on any atom is -0.326 e. The van der Waals surface area contributed by atoms with Crippen LogP contribution in [-0.2, 0) is 4.79 Å². The molecule has 2 nitrogen and oxygen atoms in total. The molecular weight excluding hydrogens is 318 g/mol. The molecule has 22 heavy (non-hydrogen) atoms. The van der Waals surface area contributed by atoms with E-state index in [1.54, 1.807) is 0 Å². The van der Waals surface area contributed by atoms with Crippen molar-refractivity contribution in [2.75, 3.05) is 11.1 Å². The van der Waals surface area contributed by atoms with Gasteiger partial charge in [-0.05, 0) is 30.3 Å². The van der Waals surface area contributed by atoms with Crippen molar-refractivity contribution in [2.45, 2.75) is 11.3 Å². The molecule has 0 aliphatic carbocycles. The maximum Gasteiger partial charge on any atom is 0.225 e. The highest BCUT2D eigenvalue weighted by Gasteiger charge is 2.07. The number of carbonyl (C=O) groups excluding carboxylic acids is 1. The van der Waals surface area contributed by atoms with Gasteiger partial charge in [0.1, 0.15) is 0 Å². The summed E-state index contributed by atoms with van der Waals surface area (Å²) in [6, 6.07) is 6.53. The maximum atomic E-state index is 13.0. The monoisotopic (exact) mass is 329 g/mol. The number of hydrogen-bond donors (Lipinski definition) is 1. The molecule has 0 bridgehead atoms. The zero-order chi connectivity index (χ0) is 16.1. The van der Waals surface area contributed by atoms with E-state index in [4.69, 9.17) is 0 Å². The van der Waals surface area contributed by atoms with Crippen LogP contribution in [-0.4, -0.2) is 11.7 Å². The molecular formula is C15H11F4NOS. The van der Waals surface area contributed by atoms with E-state index in [9.17, 15) is 22.4 Å². The highest BCUT2D eigenvalue weighted by Crippen LogP contribution is 2.21. The molecule has 0 aliphatic heterocycles. The highest BCUT2D eigenvalue weighted by molar-refractivity contribution is 7.99. The van der Waals surface area contributed by atoms with Crippen molar-refractivity contribution in [3.63, 3.8) is 0 Å². The van der Waals surface area contributed by atoms with Crippen LogP contribution < -0.4 is 5.32 Å². The van der Waals surface area contributed by atoms with Crippen molar-refractivity contribution in [3.8, 4) is 0 Å². The Kier molecular flexibility index (Phi) is 5.43. The lowest BCUT2D eigenvalue weighted by atomic mass is 10.3. The molecule has 0 fully saturated rings. The molecule has 0 saturated carbocycles. The Balaban J connectivity index is 1.82. The molecule has 0 heterocycles. The maximum absolute atomic E-state index is 13.0. The second-order valence-corrected chi connectivity index (χ2v) is 5.52. The molecule has 0 aromatic heterocycles. The van der Waals surface area contributed by atoms with E-state index in [0.717, 1.165) is 24.3 Å². The number of hydrogen-bond acceptors (Lipinski definition) is 2. The van der Waals surface area contributed by atoms with E-state index in [2.05, 4.69) is 5.32 Å². The third-order valence-corrected chi connectivity index (χ3v) is 3.69. The predicted molar refractivity (Wildman–Crippen MR) is 76.7 cm³/mol. The van der Waals surface area contributed by atoms with Crippen LogP contribution >= 0.6 is 11.8 Å². The minimum atomic E-state index is -1.05. The average molecular weight is 329 g/mol. The molecule has 0 atom stereocenters. The van der Waals surface area contributed by atoms with Gasteiger partial charge < -0.3 is 5.32 Å². The van der Waals surface area contributed by atoms with Crippen molar-refractivity contribution in [2.24, 2.45) is 0 Å². The first-order valence-electron chi connectivity index (χ1n) is 6.28. The quantitative estimate of drug-likeness (QED) is 0.652. The van der Waals surface area contributed by atoms with Crippen molar-refractivity contribution in [1.82, 2.24) is 0 Å². The average Bonchev–Trinajstić information content (AvgIpc) is 2.47. The third-order valence-electron chi connectivity index (χ3n) is 2.69. The number of rotatable bonds is 5. The lowest BCUT2D eigenvalue weighted by Gasteiger charge is -2.06. The van der Waals surface area contributed by atoms with Gasteiger partial charge >= 0.3 is 0 Å². The van der Waals surface area contributed by atoms with Gasteiger partial charge in [0.05, 0.1) is 0 Å². The van der Waals surface area contributed by atoms with E-state index in [0.29, 0.717) is 10.6 Å². The zero-order valence-electron chi connectivity index (χ0n) is 11.2. The van der Waals surface area contributed by atoms with Crippen LogP contribution in [0.15, 0.2) is 41.3 Å². The molecule has 0 spiro atoms. The molecule has 2 aromatic rings. The van der Waals surface area contributed by atoms with Crippen LogP contribution in [0.25, 0.3) is 0 Å². The number of anilines is 1. The molecule has 7 heteroatoms. The second kappa shape index (κ2) is 7.31. The van der Waals surface area contributed by atoms with Gasteiger partial charge in [-0.25, -0.2) is 17.6 Å². The van der Waals surface area contributed by atoms with E-state index < -0.39 is 23.3 Å². The summed E-state index contributed by atoms with van der Waals surface area (Å²) in [6.45, 7) is 0. The van der Waals surface area contributed by atoms with Gasteiger partial charge in [0.15, 0.2) is 23.3 Å². The first kappa shape index (κ1) is 16.4. The van der Waals surface area contributed by atoms with Gasteiger partial charge in [0.2, 0.25) is 5.91 Å². The zero-order valence-corrected chi connectivity index (χ0v) is 12.0. The summed E-state index contributed by atoms with van der Waals surface area (Å²) in [5, 5.41) is 2.42. The molecule has 2 aromatic carbocycles. The van der Waals surface area contributed by atoms with Crippen molar-refractivity contribution < 1.29 is 22.4 Å². The van der Waals surface area contributed by atoms with Crippen LogP contribution in [0.2, 0.25) is 0 Å². The molecule has 0 aliphatic rings. The summed E-state index contributed by atoms with van der Waals surface area (Å²) in [4.78, 5) is 12.1. The summed E-state index contributed by atoms with van der Waals surface area (Å²) in [5.41, 5.74) is 0.154. The molecule has 116 valence electrons. The van der Waals surface area contributed by atoms with Gasteiger partial charge in [0, 0.05) is 28.8 Å². The Morgan fingerprint density at radius 2 is 1.55 bits per heavy atom. The van der Waals surface area contributed by atoms with E-state index in [-0.39, 0.29) is 18.0 Å². The lowest BCUT2D eigenvalue weighted by Crippen LogP contribution is -2.12. The van der Waals surface area contributed by atoms with Gasteiger partial charge in [-0.2, -0.15) is 0 Å². The molecule has 1 amide bonds. The Morgan fingerprint density at radius 3 is 2.18 bits per heavy atom. The predicted octanol–water partition coefficient (Wildman–Crippen LogP) is 4.36. The van der Waals surface area contributed by atoms with Crippen molar-refractivity contribution >= 4 is 23.4 Å². The Hall–Kier alpha value is -2.02. The van der Waals surface area contributed by atoms with E-state index in [1.165, 1.54) is 23.9 Å². The normalized spacial score (nSPS) is 10.5. The van der Waals surface area contributed by atoms with Crippen LogP contribution in [0.4, 0.5) is 23.2 Å². The largest absolute Gasteiger partial charge is 0.326 e. The first-order chi connectivity index (χ1) is 10.5. The number of halogens is 4. The van der Waals surface area contributed by atoms with Crippen LogP contribution in [0.1, 0.15) is 6.42 Å². The minimum absolute atomic E-state index is 0.0860. The molecule has 0 radical (unpaired) electrons. The SMILES string of the molecule is O=C(CCSc1ccc(F)c(F)c1)Nc1ccc(F)c(F)c1. The lowest BCUT2D eigenvalue weighted by molar-refractivity contribution is -0.115. The Labute approximate surface area is 128 Å². The van der Waals surface area contributed by atoms with Gasteiger partial charge in [-0.15, -0.1) is 11.8 Å². The van der Waals surface area contributed by atoms with Crippen molar-refractivity contribution in [3.05, 3.63) is 59.7 Å². The molecule has 0 unspecified atom stereocenters. The summed E-state index contributed by atoms with van der Waals surface area (Å²) in [6.07, 6.45) is 0.0860. The topological polar surface area (TPSA) is 29.1 Å². The fraction of sp³-hybridized carbons (Fsp3) is 0.133. The summed E-state index contributed by atoms with van der Waals surface area (Å²) < 4.78 is 51.5. The molecule has 2 rings (SSSR count). The number of benzene rings is 2. The Bertz CT molecular complexity index is 693. The Morgan fingerprint density at radius 1 is 0.909 bits per heavy atom. The van der Waals surface area contributed by atoms with E-state index in [1.807, 2.05) is 0 Å². The number of carbonyl (C=O) groups is 1. The van der Waals surface area contributed by atoms with Crippen LogP contribution in [0, 0.1) is 23.3 Å². The number of nitrogens with one attached hydrogen (secondary N) is 1. The summed E-state index contributed by atoms with van der Waals surface area (Å²) in [5.74, 6) is -3.97. The highest BCUT2D eigenvalue weighted by atomic mass is 32.2. The number of amides is 1. The first-order valence-corrected chi connectivity index (χ1v) is 7.27. The smallest absolute Gasteiger partial charge is 0.225 e. The summed E-state index contributed by atoms with van der Waals surface area (Å²) in [7, 11) is 0. The number of thioether (sulfide) groups is 1. The standard InChI is InChI=1S/C15H11F4NOS/c16-11-3-1-9(7-13(11)18)20-15(21)5-6-22-10-2-4-12(17)14(19)8-10/h1-4,7-8H,5-6H2,(H,20,21). The third kappa shape index (κ3) is 4.49. The fourth-order valence-corrected chi connectivity index (χ4v) is 2.50. The van der Waals surface area contributed by atoms with Crippen LogP contribution in [0.5, 0.6) is 0 Å².